The first kappa shape index (κ1) is 20.0. The van der Waals surface area contributed by atoms with E-state index in [2.05, 4.69) is 47.7 Å². The zero-order valence-corrected chi connectivity index (χ0v) is 17.7. The molecule has 8 heteroatoms. The molecule has 154 valence electrons. The third kappa shape index (κ3) is 4.33. The van der Waals surface area contributed by atoms with Crippen molar-refractivity contribution in [2.45, 2.75) is 19.0 Å². The van der Waals surface area contributed by atoms with Gasteiger partial charge in [-0.1, -0.05) is 17.8 Å². The number of anilines is 2. The van der Waals surface area contributed by atoms with E-state index in [0.717, 1.165) is 16.5 Å². The van der Waals surface area contributed by atoms with Crippen LogP contribution in [-0.2, 0) is 4.79 Å². The Morgan fingerprint density at radius 1 is 1.13 bits per heavy atom. The van der Waals surface area contributed by atoms with Crippen LogP contribution in [0.15, 0.2) is 60.0 Å². The molecule has 3 amide bonds. The molecule has 0 aliphatic carbocycles. The summed E-state index contributed by atoms with van der Waals surface area (Å²) >= 11 is 1.39. The number of benzene rings is 2. The molecule has 4 rings (SSSR count). The molecule has 2 heterocycles. The molecular weight excluding hydrogens is 398 g/mol. The standard InChI is InChI=1S/C22H23N5O2S/c1-15-3-6-19(13-16(15)2)27-12-10-24-22(27)30-14-20(28)25-17-4-7-18(8-5-17)26-11-9-23-21(26)29/h3-8,10,12-13H,9,11,14H2,1-2H3,(H,23,29)(H,25,28). The normalized spacial score (nSPS) is 13.4. The van der Waals surface area contributed by atoms with Crippen LogP contribution in [0.25, 0.3) is 5.69 Å². The smallest absolute Gasteiger partial charge is 0.321 e. The number of aryl methyl sites for hydroxylation is 2. The first-order valence-electron chi connectivity index (χ1n) is 9.70. The van der Waals surface area contributed by atoms with Crippen LogP contribution < -0.4 is 15.5 Å². The van der Waals surface area contributed by atoms with Crippen LogP contribution in [0, 0.1) is 13.8 Å². The number of nitrogens with zero attached hydrogens (tertiary/aromatic N) is 3. The van der Waals surface area contributed by atoms with E-state index < -0.39 is 0 Å². The minimum Gasteiger partial charge on any atom is -0.336 e. The van der Waals surface area contributed by atoms with E-state index in [1.54, 1.807) is 23.2 Å². The Balaban J connectivity index is 1.36. The average Bonchev–Trinajstić information content (AvgIpc) is 3.38. The highest BCUT2D eigenvalue weighted by Gasteiger charge is 2.20. The van der Waals surface area contributed by atoms with Crippen LogP contribution in [0.3, 0.4) is 0 Å². The molecule has 1 aliphatic rings. The summed E-state index contributed by atoms with van der Waals surface area (Å²) < 4.78 is 1.99. The predicted molar refractivity (Wildman–Crippen MR) is 120 cm³/mol. The zero-order valence-electron chi connectivity index (χ0n) is 16.9. The molecule has 0 radical (unpaired) electrons. The van der Waals surface area contributed by atoms with Gasteiger partial charge in [0.2, 0.25) is 5.91 Å². The van der Waals surface area contributed by atoms with Crippen LogP contribution in [-0.4, -0.2) is 40.3 Å². The second kappa shape index (κ2) is 8.62. The van der Waals surface area contributed by atoms with Crippen molar-refractivity contribution in [1.82, 2.24) is 14.9 Å². The van der Waals surface area contributed by atoms with Gasteiger partial charge in [-0.15, -0.1) is 0 Å². The Bertz CT molecular complexity index is 1080. The molecule has 1 aromatic heterocycles. The summed E-state index contributed by atoms with van der Waals surface area (Å²) in [5, 5.41) is 6.43. The number of hydrogen-bond acceptors (Lipinski definition) is 4. The van der Waals surface area contributed by atoms with Gasteiger partial charge in [-0.05, 0) is 61.4 Å². The van der Waals surface area contributed by atoms with Gasteiger partial charge in [0.15, 0.2) is 5.16 Å². The molecule has 1 fully saturated rings. The SMILES string of the molecule is Cc1ccc(-n2ccnc2SCC(=O)Nc2ccc(N3CCNC3=O)cc2)cc1C. The molecule has 0 atom stereocenters. The number of hydrogen-bond donors (Lipinski definition) is 2. The monoisotopic (exact) mass is 421 g/mol. The summed E-state index contributed by atoms with van der Waals surface area (Å²) in [5.74, 6) is 0.138. The molecule has 2 aromatic carbocycles. The molecule has 1 aliphatic heterocycles. The Kier molecular flexibility index (Phi) is 5.76. The quantitative estimate of drug-likeness (QED) is 0.594. The van der Waals surface area contributed by atoms with Crippen LogP contribution in [0.4, 0.5) is 16.2 Å². The van der Waals surface area contributed by atoms with Crippen molar-refractivity contribution in [2.24, 2.45) is 0 Å². The van der Waals surface area contributed by atoms with Crippen molar-refractivity contribution < 1.29 is 9.59 Å². The Hall–Kier alpha value is -3.26. The van der Waals surface area contributed by atoms with Crippen molar-refractivity contribution in [1.29, 1.82) is 0 Å². The van der Waals surface area contributed by atoms with Gasteiger partial charge in [0, 0.05) is 42.5 Å². The maximum atomic E-state index is 12.4. The van der Waals surface area contributed by atoms with E-state index in [4.69, 9.17) is 0 Å². The van der Waals surface area contributed by atoms with Gasteiger partial charge >= 0.3 is 6.03 Å². The molecule has 2 N–H and O–H groups in total. The van der Waals surface area contributed by atoms with Gasteiger partial charge in [0.25, 0.3) is 0 Å². The highest BCUT2D eigenvalue weighted by atomic mass is 32.2. The fourth-order valence-electron chi connectivity index (χ4n) is 3.24. The van der Waals surface area contributed by atoms with Crippen molar-refractivity contribution in [3.8, 4) is 5.69 Å². The second-order valence-electron chi connectivity index (χ2n) is 7.12. The fraction of sp³-hybridized carbons (Fsp3) is 0.227. The maximum absolute atomic E-state index is 12.4. The maximum Gasteiger partial charge on any atom is 0.321 e. The number of nitrogens with one attached hydrogen (secondary N) is 2. The predicted octanol–water partition coefficient (Wildman–Crippen LogP) is 3.75. The molecule has 1 saturated heterocycles. The number of aromatic nitrogens is 2. The van der Waals surface area contributed by atoms with Crippen LogP contribution in [0.1, 0.15) is 11.1 Å². The van der Waals surface area contributed by atoms with Crippen LogP contribution in [0.2, 0.25) is 0 Å². The average molecular weight is 422 g/mol. The highest BCUT2D eigenvalue weighted by Crippen LogP contribution is 2.23. The van der Waals surface area contributed by atoms with Gasteiger partial charge < -0.3 is 10.6 Å². The molecule has 0 spiro atoms. The van der Waals surface area contributed by atoms with Gasteiger partial charge in [-0.2, -0.15) is 0 Å². The second-order valence-corrected chi connectivity index (χ2v) is 8.06. The molecule has 0 bridgehead atoms. The lowest BCUT2D eigenvalue weighted by molar-refractivity contribution is -0.113. The van der Waals surface area contributed by atoms with E-state index in [0.29, 0.717) is 18.8 Å². The lowest BCUT2D eigenvalue weighted by Crippen LogP contribution is -2.27. The van der Waals surface area contributed by atoms with Gasteiger partial charge in [-0.25, -0.2) is 9.78 Å². The van der Waals surface area contributed by atoms with E-state index in [1.807, 2.05) is 22.9 Å². The van der Waals surface area contributed by atoms with Crippen molar-refractivity contribution in [3.63, 3.8) is 0 Å². The van der Waals surface area contributed by atoms with E-state index in [-0.39, 0.29) is 17.7 Å². The molecule has 0 unspecified atom stereocenters. The summed E-state index contributed by atoms with van der Waals surface area (Å²) in [6.07, 6.45) is 3.64. The highest BCUT2D eigenvalue weighted by molar-refractivity contribution is 7.99. The molecule has 30 heavy (non-hydrogen) atoms. The topological polar surface area (TPSA) is 79.3 Å². The summed E-state index contributed by atoms with van der Waals surface area (Å²) in [6.45, 7) is 5.46. The molecule has 7 nitrogen and oxygen atoms in total. The minimum atomic E-state index is -0.110. The van der Waals surface area contributed by atoms with Crippen molar-refractivity contribution in [3.05, 3.63) is 66.0 Å². The van der Waals surface area contributed by atoms with E-state index >= 15 is 0 Å². The van der Waals surface area contributed by atoms with Crippen molar-refractivity contribution >= 4 is 35.1 Å². The summed E-state index contributed by atoms with van der Waals surface area (Å²) in [7, 11) is 0. The van der Waals surface area contributed by atoms with Gasteiger partial charge in [-0.3, -0.25) is 14.3 Å². The van der Waals surface area contributed by atoms with Crippen molar-refractivity contribution in [2.75, 3.05) is 29.1 Å². The summed E-state index contributed by atoms with van der Waals surface area (Å²) in [6, 6.07) is 13.4. The third-order valence-corrected chi connectivity index (χ3v) is 5.99. The summed E-state index contributed by atoms with van der Waals surface area (Å²) in [4.78, 5) is 30.2. The number of thioether (sulfide) groups is 1. The number of carbonyl (C=O) groups excluding carboxylic acids is 2. The van der Waals surface area contributed by atoms with Gasteiger partial charge in [0.05, 0.1) is 5.75 Å². The third-order valence-electron chi connectivity index (χ3n) is 5.03. The van der Waals surface area contributed by atoms with E-state index in [1.165, 1.54) is 22.9 Å². The number of amides is 3. The number of carbonyl (C=O) groups is 2. The first-order valence-corrected chi connectivity index (χ1v) is 10.7. The largest absolute Gasteiger partial charge is 0.336 e. The molecule has 3 aromatic rings. The Labute approximate surface area is 179 Å². The van der Waals surface area contributed by atoms with Crippen LogP contribution in [0.5, 0.6) is 0 Å². The zero-order chi connectivity index (χ0) is 21.1. The Morgan fingerprint density at radius 3 is 2.60 bits per heavy atom. The lowest BCUT2D eigenvalue weighted by atomic mass is 10.1. The number of urea groups is 1. The fourth-order valence-corrected chi connectivity index (χ4v) is 4.01. The minimum absolute atomic E-state index is 0.0949. The first-order chi connectivity index (χ1) is 14.5. The lowest BCUT2D eigenvalue weighted by Gasteiger charge is -2.14. The van der Waals surface area contributed by atoms with Gasteiger partial charge in [0.1, 0.15) is 0 Å². The molecular formula is C22H23N5O2S. The summed E-state index contributed by atoms with van der Waals surface area (Å²) in [5.41, 5.74) is 4.99. The number of rotatable bonds is 6. The van der Waals surface area contributed by atoms with Crippen LogP contribution >= 0.6 is 11.8 Å². The Morgan fingerprint density at radius 2 is 1.90 bits per heavy atom. The van der Waals surface area contributed by atoms with E-state index in [9.17, 15) is 9.59 Å². The molecule has 0 saturated carbocycles. The number of imidazole rings is 1.